The Hall–Kier alpha value is -2.56. The molecule has 0 bridgehead atoms. The average Bonchev–Trinajstić information content (AvgIpc) is 2.54. The number of hydrogen-bond acceptors (Lipinski definition) is 3. The van der Waals surface area contributed by atoms with Crippen LogP contribution in [-0.4, -0.2) is 19.1 Å². The van der Waals surface area contributed by atoms with Crippen molar-refractivity contribution in [3.63, 3.8) is 0 Å². The second-order valence-electron chi connectivity index (χ2n) is 5.95. The van der Waals surface area contributed by atoms with Crippen LogP contribution >= 0.6 is 0 Å². The lowest BCUT2D eigenvalue weighted by atomic mass is 9.93. The van der Waals surface area contributed by atoms with Crippen LogP contribution in [0.15, 0.2) is 42.5 Å². The predicted molar refractivity (Wildman–Crippen MR) is 84.3 cm³/mol. The van der Waals surface area contributed by atoms with Gasteiger partial charge < -0.3 is 14.8 Å². The lowest BCUT2D eigenvalue weighted by molar-refractivity contribution is 0.0911. The molecule has 0 fully saturated rings. The number of halogens is 1. The molecule has 1 heterocycles. The number of rotatable bonds is 3. The van der Waals surface area contributed by atoms with Gasteiger partial charge in [0.2, 0.25) is 0 Å². The van der Waals surface area contributed by atoms with Crippen molar-refractivity contribution in [3.05, 3.63) is 59.4 Å². The summed E-state index contributed by atoms with van der Waals surface area (Å²) in [6.45, 7) is 4.81. The van der Waals surface area contributed by atoms with Crippen molar-refractivity contribution >= 4 is 5.91 Å². The van der Waals surface area contributed by atoms with Crippen molar-refractivity contribution in [3.8, 4) is 11.5 Å². The van der Waals surface area contributed by atoms with Gasteiger partial charge in [-0.25, -0.2) is 4.39 Å². The van der Waals surface area contributed by atoms with Crippen LogP contribution in [0.5, 0.6) is 11.5 Å². The van der Waals surface area contributed by atoms with E-state index < -0.39 is 11.4 Å². The molecule has 1 aliphatic heterocycles. The van der Waals surface area contributed by atoms with Gasteiger partial charge in [-0.1, -0.05) is 12.1 Å². The van der Waals surface area contributed by atoms with Gasteiger partial charge in [0.05, 0.1) is 5.54 Å². The topological polar surface area (TPSA) is 47.6 Å². The molecule has 0 saturated heterocycles. The highest BCUT2D eigenvalue weighted by atomic mass is 19.1. The predicted octanol–water partition coefficient (Wildman–Crippen LogP) is 3.26. The van der Waals surface area contributed by atoms with Crippen LogP contribution in [0.2, 0.25) is 0 Å². The van der Waals surface area contributed by atoms with E-state index in [2.05, 4.69) is 5.32 Å². The monoisotopic (exact) mass is 315 g/mol. The minimum atomic E-state index is -0.640. The van der Waals surface area contributed by atoms with E-state index in [0.29, 0.717) is 24.7 Å². The molecule has 1 aliphatic rings. The number of ether oxygens (including phenoxy) is 2. The maximum atomic E-state index is 13.3. The Balaban J connectivity index is 1.82. The molecule has 1 amide bonds. The van der Waals surface area contributed by atoms with Gasteiger partial charge in [-0.2, -0.15) is 0 Å². The van der Waals surface area contributed by atoms with Crippen molar-refractivity contribution in [2.75, 3.05) is 13.2 Å². The van der Waals surface area contributed by atoms with Crippen molar-refractivity contribution < 1.29 is 18.7 Å². The fourth-order valence-electron chi connectivity index (χ4n) is 2.49. The van der Waals surface area contributed by atoms with Crippen molar-refractivity contribution in [2.45, 2.75) is 19.4 Å². The highest BCUT2D eigenvalue weighted by Crippen LogP contribution is 2.34. The molecule has 0 unspecified atom stereocenters. The molecule has 1 N–H and O–H groups in total. The van der Waals surface area contributed by atoms with Crippen LogP contribution in [0, 0.1) is 5.82 Å². The highest BCUT2D eigenvalue weighted by molar-refractivity contribution is 5.94. The Morgan fingerprint density at radius 2 is 1.83 bits per heavy atom. The Bertz CT molecular complexity index is 743. The molecule has 0 aromatic heterocycles. The van der Waals surface area contributed by atoms with Gasteiger partial charge in [-0.3, -0.25) is 4.79 Å². The van der Waals surface area contributed by atoms with Gasteiger partial charge in [0.25, 0.3) is 5.91 Å². The minimum absolute atomic E-state index is 0.288. The Morgan fingerprint density at radius 3 is 2.57 bits per heavy atom. The summed E-state index contributed by atoms with van der Waals surface area (Å²) in [4.78, 5) is 12.3. The quantitative estimate of drug-likeness (QED) is 0.946. The molecule has 0 radical (unpaired) electrons. The normalized spacial score (nSPS) is 13.5. The number of nitrogens with one attached hydrogen (secondary N) is 1. The highest BCUT2D eigenvalue weighted by Gasteiger charge is 2.25. The molecular formula is C18H18FNO3. The van der Waals surface area contributed by atoms with Crippen molar-refractivity contribution in [1.82, 2.24) is 5.32 Å². The molecule has 120 valence electrons. The zero-order valence-electron chi connectivity index (χ0n) is 13.1. The van der Waals surface area contributed by atoms with Crippen LogP contribution < -0.4 is 14.8 Å². The SMILES string of the molecule is CC(C)(NC(=O)c1cccc(F)c1)c1ccc2c(c1)OCCO2. The molecule has 3 rings (SSSR count). The molecule has 0 spiro atoms. The van der Waals surface area contributed by atoms with Crippen LogP contribution in [0.25, 0.3) is 0 Å². The van der Waals surface area contributed by atoms with Crippen molar-refractivity contribution in [2.24, 2.45) is 0 Å². The molecule has 2 aromatic rings. The van der Waals surface area contributed by atoms with E-state index in [-0.39, 0.29) is 11.5 Å². The summed E-state index contributed by atoms with van der Waals surface area (Å²) in [7, 11) is 0. The smallest absolute Gasteiger partial charge is 0.252 e. The second kappa shape index (κ2) is 5.91. The minimum Gasteiger partial charge on any atom is -0.486 e. The number of amides is 1. The van der Waals surface area contributed by atoms with E-state index in [9.17, 15) is 9.18 Å². The molecule has 0 aliphatic carbocycles. The molecular weight excluding hydrogens is 297 g/mol. The van der Waals surface area contributed by atoms with E-state index in [1.807, 2.05) is 32.0 Å². The van der Waals surface area contributed by atoms with Gasteiger partial charge in [0, 0.05) is 5.56 Å². The average molecular weight is 315 g/mol. The third-order valence-corrected chi connectivity index (χ3v) is 3.78. The van der Waals surface area contributed by atoms with Gasteiger partial charge in [0.1, 0.15) is 19.0 Å². The number of carbonyl (C=O) groups excluding carboxylic acids is 1. The number of fused-ring (bicyclic) bond motifs is 1. The second-order valence-corrected chi connectivity index (χ2v) is 5.95. The first-order valence-corrected chi connectivity index (χ1v) is 7.44. The van der Waals surface area contributed by atoms with E-state index in [1.54, 1.807) is 6.07 Å². The van der Waals surface area contributed by atoms with Crippen molar-refractivity contribution in [1.29, 1.82) is 0 Å². The largest absolute Gasteiger partial charge is 0.486 e. The molecule has 0 saturated carbocycles. The van der Waals surface area contributed by atoms with E-state index in [1.165, 1.54) is 18.2 Å². The summed E-state index contributed by atoms with van der Waals surface area (Å²) in [5.41, 5.74) is 0.529. The fraction of sp³-hybridized carbons (Fsp3) is 0.278. The third kappa shape index (κ3) is 3.28. The van der Waals surface area contributed by atoms with Gasteiger partial charge >= 0.3 is 0 Å². The maximum Gasteiger partial charge on any atom is 0.252 e. The molecule has 0 atom stereocenters. The third-order valence-electron chi connectivity index (χ3n) is 3.78. The first-order valence-electron chi connectivity index (χ1n) is 7.44. The summed E-state index contributed by atoms with van der Waals surface area (Å²) in [6.07, 6.45) is 0. The first kappa shape index (κ1) is 15.3. The van der Waals surface area contributed by atoms with Gasteiger partial charge in [0.15, 0.2) is 11.5 Å². The summed E-state index contributed by atoms with van der Waals surface area (Å²) < 4.78 is 24.3. The molecule has 2 aromatic carbocycles. The summed E-state index contributed by atoms with van der Waals surface area (Å²) in [5, 5.41) is 2.92. The molecule has 5 heteroatoms. The fourth-order valence-corrected chi connectivity index (χ4v) is 2.49. The molecule has 4 nitrogen and oxygen atoms in total. The standard InChI is InChI=1S/C18H18FNO3/c1-18(2,20-17(21)12-4-3-5-14(19)10-12)13-6-7-15-16(11-13)23-9-8-22-15/h3-7,10-11H,8-9H2,1-2H3,(H,20,21). The number of hydrogen-bond donors (Lipinski definition) is 1. The van der Waals surface area contributed by atoms with E-state index in [4.69, 9.17) is 9.47 Å². The number of carbonyl (C=O) groups is 1. The Morgan fingerprint density at radius 1 is 1.09 bits per heavy atom. The van der Waals surface area contributed by atoms with Crippen LogP contribution in [0.4, 0.5) is 4.39 Å². The van der Waals surface area contributed by atoms with Gasteiger partial charge in [-0.15, -0.1) is 0 Å². The van der Waals surface area contributed by atoms with Gasteiger partial charge in [-0.05, 0) is 49.7 Å². The van der Waals surface area contributed by atoms with E-state index in [0.717, 1.165) is 5.56 Å². The zero-order valence-corrected chi connectivity index (χ0v) is 13.1. The van der Waals surface area contributed by atoms with Crippen LogP contribution in [0.1, 0.15) is 29.8 Å². The Kier molecular flexibility index (Phi) is 3.94. The lowest BCUT2D eigenvalue weighted by Gasteiger charge is -2.28. The first-order chi connectivity index (χ1) is 11.0. The molecule has 23 heavy (non-hydrogen) atoms. The van der Waals surface area contributed by atoms with Crippen LogP contribution in [-0.2, 0) is 5.54 Å². The Labute approximate surface area is 134 Å². The summed E-state index contributed by atoms with van der Waals surface area (Å²) in [5.74, 6) is 0.605. The summed E-state index contributed by atoms with van der Waals surface area (Å²) in [6, 6.07) is 11.2. The number of benzene rings is 2. The maximum absolute atomic E-state index is 13.3. The van der Waals surface area contributed by atoms with E-state index >= 15 is 0 Å². The zero-order chi connectivity index (χ0) is 16.4. The summed E-state index contributed by atoms with van der Waals surface area (Å²) >= 11 is 0. The lowest BCUT2D eigenvalue weighted by Crippen LogP contribution is -2.41. The van der Waals surface area contributed by atoms with Crippen LogP contribution in [0.3, 0.4) is 0 Å².